The van der Waals surface area contributed by atoms with E-state index in [9.17, 15) is 0 Å². The Morgan fingerprint density at radius 1 is 1.06 bits per heavy atom. The van der Waals surface area contributed by atoms with E-state index in [1.54, 1.807) is 0 Å². The van der Waals surface area contributed by atoms with Gasteiger partial charge in [-0.1, -0.05) is 19.3 Å². The summed E-state index contributed by atoms with van der Waals surface area (Å²) in [5, 5.41) is 12.5. The van der Waals surface area contributed by atoms with E-state index < -0.39 is 0 Å². The van der Waals surface area contributed by atoms with Gasteiger partial charge in [-0.05, 0) is 37.5 Å². The summed E-state index contributed by atoms with van der Waals surface area (Å²) in [4.78, 5) is 2.75. The average Bonchev–Trinajstić information content (AvgIpc) is 3.07. The highest BCUT2D eigenvalue weighted by atomic mass is 16.3. The number of aliphatic hydroxyl groups excluding tert-OH is 1. The summed E-state index contributed by atoms with van der Waals surface area (Å²) in [6.07, 6.45) is 10.0. The lowest BCUT2D eigenvalue weighted by Crippen LogP contribution is -2.54. The van der Waals surface area contributed by atoms with Crippen LogP contribution in [0.15, 0.2) is 0 Å². The summed E-state index contributed by atoms with van der Waals surface area (Å²) in [5.41, 5.74) is 0. The molecular weight excluding hydrogens is 224 g/mol. The summed E-state index contributed by atoms with van der Waals surface area (Å²) < 4.78 is 0. The van der Waals surface area contributed by atoms with Gasteiger partial charge in [0.25, 0.3) is 0 Å². The monoisotopic (exact) mass is 252 g/mol. The number of nitrogens with zero attached hydrogens (tertiary/aromatic N) is 1. The van der Waals surface area contributed by atoms with Gasteiger partial charge in [0, 0.05) is 31.7 Å². The lowest BCUT2D eigenvalue weighted by molar-refractivity contribution is 0.0536. The van der Waals surface area contributed by atoms with Gasteiger partial charge in [0.1, 0.15) is 0 Å². The second kappa shape index (κ2) is 5.89. The maximum Gasteiger partial charge on any atom is 0.0556 e. The van der Waals surface area contributed by atoms with Crippen molar-refractivity contribution in [3.05, 3.63) is 0 Å². The molecule has 3 nitrogen and oxygen atoms in total. The number of aliphatic hydroxyl groups is 1. The van der Waals surface area contributed by atoms with Crippen LogP contribution in [0, 0.1) is 11.8 Å². The first-order valence-corrected chi connectivity index (χ1v) is 7.93. The maximum atomic E-state index is 8.97. The molecule has 2 aliphatic carbocycles. The zero-order valence-corrected chi connectivity index (χ0v) is 11.5. The minimum Gasteiger partial charge on any atom is -0.395 e. The van der Waals surface area contributed by atoms with Crippen LogP contribution in [0.4, 0.5) is 0 Å². The van der Waals surface area contributed by atoms with E-state index in [4.69, 9.17) is 5.11 Å². The topological polar surface area (TPSA) is 35.5 Å². The third-order valence-corrected chi connectivity index (χ3v) is 5.06. The highest BCUT2D eigenvalue weighted by molar-refractivity contribution is 4.91. The van der Waals surface area contributed by atoms with E-state index in [1.165, 1.54) is 58.0 Å². The molecular formula is C15H28N2O. The van der Waals surface area contributed by atoms with E-state index in [2.05, 4.69) is 10.2 Å². The first kappa shape index (κ1) is 12.9. The van der Waals surface area contributed by atoms with Crippen molar-refractivity contribution in [2.75, 3.05) is 26.2 Å². The predicted molar refractivity (Wildman–Crippen MR) is 73.5 cm³/mol. The van der Waals surface area contributed by atoms with Crippen LogP contribution in [0.5, 0.6) is 0 Å². The van der Waals surface area contributed by atoms with Crippen molar-refractivity contribution in [3.8, 4) is 0 Å². The van der Waals surface area contributed by atoms with Crippen LogP contribution < -0.4 is 5.32 Å². The number of hydrogen-bond donors (Lipinski definition) is 2. The Morgan fingerprint density at radius 3 is 2.50 bits per heavy atom. The molecule has 2 unspecified atom stereocenters. The molecule has 1 saturated heterocycles. The molecule has 0 bridgehead atoms. The van der Waals surface area contributed by atoms with Gasteiger partial charge in [0.05, 0.1) is 6.61 Å². The molecule has 2 atom stereocenters. The van der Waals surface area contributed by atoms with Crippen molar-refractivity contribution in [2.24, 2.45) is 11.8 Å². The standard InChI is InChI=1S/C15H28N2O/c18-7-6-16-14-9-13(8-12-4-5-12)10-17(11-14)15-2-1-3-15/h12-16,18H,1-11H2. The third kappa shape index (κ3) is 3.25. The lowest BCUT2D eigenvalue weighted by Gasteiger charge is -2.45. The first-order chi connectivity index (χ1) is 8.85. The van der Waals surface area contributed by atoms with Crippen molar-refractivity contribution in [1.29, 1.82) is 0 Å². The van der Waals surface area contributed by atoms with Crippen molar-refractivity contribution >= 4 is 0 Å². The predicted octanol–water partition coefficient (Wildman–Crippen LogP) is 1.61. The zero-order chi connectivity index (χ0) is 12.4. The number of rotatable bonds is 6. The van der Waals surface area contributed by atoms with Gasteiger partial charge >= 0.3 is 0 Å². The number of nitrogens with one attached hydrogen (secondary N) is 1. The second-order valence-electron chi connectivity index (χ2n) is 6.69. The molecule has 2 saturated carbocycles. The van der Waals surface area contributed by atoms with Gasteiger partial charge in [-0.25, -0.2) is 0 Å². The van der Waals surface area contributed by atoms with Gasteiger partial charge in [0.2, 0.25) is 0 Å². The third-order valence-electron chi connectivity index (χ3n) is 5.06. The van der Waals surface area contributed by atoms with Crippen LogP contribution >= 0.6 is 0 Å². The quantitative estimate of drug-likeness (QED) is 0.754. The molecule has 3 aliphatic rings. The molecule has 1 aliphatic heterocycles. The Labute approximate surface area is 111 Å². The molecule has 3 fully saturated rings. The normalized spacial score (nSPS) is 34.5. The summed E-state index contributed by atoms with van der Waals surface area (Å²) in [6.45, 7) is 3.59. The SMILES string of the molecule is OCCNC1CC(CC2CC2)CN(C2CCC2)C1. The molecule has 1 heterocycles. The van der Waals surface area contributed by atoms with E-state index >= 15 is 0 Å². The fourth-order valence-corrected chi connectivity index (χ4v) is 3.70. The zero-order valence-electron chi connectivity index (χ0n) is 11.5. The molecule has 0 spiro atoms. The summed E-state index contributed by atoms with van der Waals surface area (Å²) >= 11 is 0. The largest absolute Gasteiger partial charge is 0.395 e. The molecule has 0 aromatic heterocycles. The van der Waals surface area contributed by atoms with E-state index in [0.29, 0.717) is 6.04 Å². The highest BCUT2D eigenvalue weighted by Crippen LogP contribution is 2.39. The van der Waals surface area contributed by atoms with Crippen molar-refractivity contribution < 1.29 is 5.11 Å². The maximum absolute atomic E-state index is 8.97. The fourth-order valence-electron chi connectivity index (χ4n) is 3.70. The molecule has 104 valence electrons. The second-order valence-corrected chi connectivity index (χ2v) is 6.69. The van der Waals surface area contributed by atoms with Gasteiger partial charge < -0.3 is 10.4 Å². The van der Waals surface area contributed by atoms with Gasteiger partial charge in [0.15, 0.2) is 0 Å². The van der Waals surface area contributed by atoms with E-state index in [0.717, 1.165) is 24.4 Å². The molecule has 0 radical (unpaired) electrons. The number of likely N-dealkylation sites (tertiary alicyclic amines) is 1. The Morgan fingerprint density at radius 2 is 1.89 bits per heavy atom. The van der Waals surface area contributed by atoms with Gasteiger partial charge in [-0.2, -0.15) is 0 Å². The number of hydrogen-bond acceptors (Lipinski definition) is 3. The van der Waals surface area contributed by atoms with Crippen molar-refractivity contribution in [2.45, 2.75) is 57.0 Å². The average molecular weight is 252 g/mol. The van der Waals surface area contributed by atoms with Crippen LogP contribution in [-0.4, -0.2) is 48.3 Å². The van der Waals surface area contributed by atoms with Crippen LogP contribution in [0.1, 0.15) is 44.9 Å². The molecule has 3 rings (SSSR count). The Bertz CT molecular complexity index is 263. The molecule has 2 N–H and O–H groups in total. The summed E-state index contributed by atoms with van der Waals surface area (Å²) in [7, 11) is 0. The summed E-state index contributed by atoms with van der Waals surface area (Å²) in [6, 6.07) is 1.50. The molecule has 0 amide bonds. The van der Waals surface area contributed by atoms with E-state index in [1.807, 2.05) is 0 Å². The highest BCUT2D eigenvalue weighted by Gasteiger charge is 2.35. The summed E-state index contributed by atoms with van der Waals surface area (Å²) in [5.74, 6) is 1.96. The smallest absolute Gasteiger partial charge is 0.0556 e. The van der Waals surface area contributed by atoms with Crippen LogP contribution in [-0.2, 0) is 0 Å². The fraction of sp³-hybridized carbons (Fsp3) is 1.00. The Balaban J connectivity index is 1.53. The lowest BCUT2D eigenvalue weighted by atomic mass is 9.84. The molecule has 18 heavy (non-hydrogen) atoms. The van der Waals surface area contributed by atoms with Crippen LogP contribution in [0.3, 0.4) is 0 Å². The van der Waals surface area contributed by atoms with Gasteiger partial charge in [-0.15, -0.1) is 0 Å². The first-order valence-electron chi connectivity index (χ1n) is 7.93. The van der Waals surface area contributed by atoms with Crippen LogP contribution in [0.2, 0.25) is 0 Å². The molecule has 0 aromatic carbocycles. The Hall–Kier alpha value is -0.120. The van der Waals surface area contributed by atoms with Crippen molar-refractivity contribution in [1.82, 2.24) is 10.2 Å². The van der Waals surface area contributed by atoms with E-state index in [-0.39, 0.29) is 6.61 Å². The molecule has 0 aromatic rings. The van der Waals surface area contributed by atoms with Gasteiger partial charge in [-0.3, -0.25) is 4.90 Å². The Kier molecular flexibility index (Phi) is 4.22. The van der Waals surface area contributed by atoms with Crippen molar-refractivity contribution in [3.63, 3.8) is 0 Å². The minimum atomic E-state index is 0.271. The minimum absolute atomic E-state index is 0.271. The molecule has 3 heteroatoms. The number of piperidine rings is 1. The van der Waals surface area contributed by atoms with Crippen LogP contribution in [0.25, 0.3) is 0 Å².